The molecule has 10 heteroatoms. The molecule has 0 fully saturated rings. The molecule has 3 N–H and O–H groups in total. The van der Waals surface area contributed by atoms with E-state index in [1.165, 1.54) is 0 Å². The van der Waals surface area contributed by atoms with Gasteiger partial charge in [-0.1, -0.05) is 27.5 Å². The molecule has 0 atom stereocenters. The molecular weight excluding hydrogens is 506 g/mol. The van der Waals surface area contributed by atoms with Crippen molar-refractivity contribution in [1.29, 1.82) is 0 Å². The third kappa shape index (κ3) is 7.68. The second kappa shape index (κ2) is 11.3. The van der Waals surface area contributed by atoms with E-state index in [-0.39, 0.29) is 17.8 Å². The van der Waals surface area contributed by atoms with Gasteiger partial charge < -0.3 is 9.47 Å². The van der Waals surface area contributed by atoms with Gasteiger partial charge in [0.25, 0.3) is 11.8 Å². The van der Waals surface area contributed by atoms with E-state index >= 15 is 0 Å². The first-order valence-corrected chi connectivity index (χ1v) is 10.9. The van der Waals surface area contributed by atoms with Gasteiger partial charge in [0.1, 0.15) is 11.5 Å². The average molecular weight is 529 g/mol. The number of hydrogen-bond donors (Lipinski definition) is 3. The Morgan fingerprint density at radius 1 is 1.13 bits per heavy atom. The molecule has 0 bridgehead atoms. The molecule has 2 aromatic rings. The van der Waals surface area contributed by atoms with Crippen molar-refractivity contribution in [2.75, 3.05) is 6.61 Å². The third-order valence-corrected chi connectivity index (χ3v) is 5.16. The molecule has 0 radical (unpaired) electrons. The number of ether oxygens (including phenoxy) is 2. The van der Waals surface area contributed by atoms with E-state index in [1.54, 1.807) is 30.3 Å². The molecule has 0 spiro atoms. The van der Waals surface area contributed by atoms with Gasteiger partial charge in [-0.25, -0.2) is 0 Å². The summed E-state index contributed by atoms with van der Waals surface area (Å²) in [6.45, 7) is 7.18. The largest absolute Gasteiger partial charge is 0.490 e. The van der Waals surface area contributed by atoms with Gasteiger partial charge in [-0.2, -0.15) is 0 Å². The Hall–Kier alpha value is -2.36. The normalized spacial score (nSPS) is 10.4. The summed E-state index contributed by atoms with van der Waals surface area (Å²) in [5.74, 6) is -0.0116. The molecule has 31 heavy (non-hydrogen) atoms. The number of carbonyl (C=O) groups excluding carboxylic acids is 2. The molecule has 0 heterocycles. The van der Waals surface area contributed by atoms with Gasteiger partial charge in [-0.05, 0) is 81.4 Å². The van der Waals surface area contributed by atoms with Crippen LogP contribution in [0.5, 0.6) is 11.5 Å². The lowest BCUT2D eigenvalue weighted by atomic mass is 10.1. The predicted octanol–water partition coefficient (Wildman–Crippen LogP) is 4.22. The highest BCUT2D eigenvalue weighted by molar-refractivity contribution is 9.10. The van der Waals surface area contributed by atoms with E-state index < -0.39 is 11.8 Å². The Balaban J connectivity index is 1.87. The zero-order valence-electron chi connectivity index (χ0n) is 17.5. The number of aryl methyl sites for hydroxylation is 2. The van der Waals surface area contributed by atoms with Crippen LogP contribution in [0.15, 0.2) is 34.8 Å². The maximum atomic E-state index is 12.6. The number of benzene rings is 2. The molecule has 0 saturated carbocycles. The zero-order chi connectivity index (χ0) is 23.1. The van der Waals surface area contributed by atoms with Crippen molar-refractivity contribution in [3.05, 3.63) is 56.5 Å². The molecule has 0 unspecified atom stereocenters. The number of rotatable bonds is 6. The second-order valence-corrected chi connectivity index (χ2v) is 8.63. The second-order valence-electron chi connectivity index (χ2n) is 6.92. The van der Waals surface area contributed by atoms with Crippen LogP contribution in [0.3, 0.4) is 0 Å². The number of thiocarbonyl (C=S) groups is 1. The van der Waals surface area contributed by atoms with Crippen LogP contribution < -0.4 is 25.6 Å². The van der Waals surface area contributed by atoms with E-state index in [1.807, 2.05) is 27.7 Å². The van der Waals surface area contributed by atoms with Crippen molar-refractivity contribution in [2.45, 2.75) is 33.8 Å². The first-order chi connectivity index (χ1) is 14.6. The number of nitrogens with one attached hydrogen (secondary N) is 3. The maximum absolute atomic E-state index is 12.6. The van der Waals surface area contributed by atoms with Gasteiger partial charge in [-0.15, -0.1) is 0 Å². The van der Waals surface area contributed by atoms with Crippen molar-refractivity contribution >= 4 is 56.7 Å². The number of hydrogen-bond acceptors (Lipinski definition) is 5. The van der Waals surface area contributed by atoms with Crippen LogP contribution in [0.25, 0.3) is 0 Å². The standard InChI is InChI=1S/C21H23BrClN3O4S/c1-11(2)30-17-6-5-14(22)9-16(17)20(28)24-21(31)26-25-18(27)10-29-15-7-12(3)19(23)13(4)8-15/h5-9,11H,10H2,1-4H3,(H,25,27)(H2,24,26,28,31). The van der Waals surface area contributed by atoms with Crippen molar-refractivity contribution < 1.29 is 19.1 Å². The summed E-state index contributed by atoms with van der Waals surface area (Å²) in [5, 5.41) is 3.08. The Morgan fingerprint density at radius 3 is 2.39 bits per heavy atom. The summed E-state index contributed by atoms with van der Waals surface area (Å²) in [4.78, 5) is 24.6. The lowest BCUT2D eigenvalue weighted by Crippen LogP contribution is -2.49. The van der Waals surface area contributed by atoms with Crippen LogP contribution in [-0.2, 0) is 4.79 Å². The van der Waals surface area contributed by atoms with Crippen molar-refractivity contribution in [3.8, 4) is 11.5 Å². The van der Waals surface area contributed by atoms with E-state index in [4.69, 9.17) is 33.3 Å². The van der Waals surface area contributed by atoms with E-state index in [2.05, 4.69) is 32.1 Å². The SMILES string of the molecule is Cc1cc(OCC(=O)NNC(=S)NC(=O)c2cc(Br)ccc2OC(C)C)cc(C)c1Cl. The maximum Gasteiger partial charge on any atom is 0.276 e. The molecule has 2 aromatic carbocycles. The smallest absolute Gasteiger partial charge is 0.276 e. The molecule has 0 aliphatic rings. The number of halogens is 2. The van der Waals surface area contributed by atoms with Gasteiger partial charge in [0, 0.05) is 9.50 Å². The lowest BCUT2D eigenvalue weighted by molar-refractivity contribution is -0.123. The molecule has 2 amide bonds. The summed E-state index contributed by atoms with van der Waals surface area (Å²) in [6.07, 6.45) is -0.106. The fourth-order valence-corrected chi connectivity index (χ4v) is 3.15. The van der Waals surface area contributed by atoms with Gasteiger partial charge in [0.05, 0.1) is 11.7 Å². The highest BCUT2D eigenvalue weighted by atomic mass is 79.9. The van der Waals surface area contributed by atoms with Crippen LogP contribution >= 0.6 is 39.7 Å². The minimum absolute atomic E-state index is 0.0768. The van der Waals surface area contributed by atoms with Crippen LogP contribution in [-0.4, -0.2) is 29.6 Å². The molecule has 0 aliphatic heterocycles. The van der Waals surface area contributed by atoms with Crippen molar-refractivity contribution in [2.24, 2.45) is 0 Å². The molecule has 166 valence electrons. The molecule has 7 nitrogen and oxygen atoms in total. The Morgan fingerprint density at radius 2 is 1.77 bits per heavy atom. The van der Waals surface area contributed by atoms with Gasteiger partial charge in [-0.3, -0.25) is 25.8 Å². The average Bonchev–Trinajstić information content (AvgIpc) is 2.69. The summed E-state index contributed by atoms with van der Waals surface area (Å²) in [7, 11) is 0. The molecular formula is C21H23BrClN3O4S. The minimum atomic E-state index is -0.480. The predicted molar refractivity (Wildman–Crippen MR) is 128 cm³/mol. The first kappa shape index (κ1) is 24.9. The van der Waals surface area contributed by atoms with Gasteiger partial charge in [0.2, 0.25) is 0 Å². The van der Waals surface area contributed by atoms with Crippen LogP contribution in [0.2, 0.25) is 5.02 Å². The molecule has 0 aliphatic carbocycles. The number of carbonyl (C=O) groups is 2. The zero-order valence-corrected chi connectivity index (χ0v) is 20.6. The topological polar surface area (TPSA) is 88.7 Å². The summed E-state index contributed by atoms with van der Waals surface area (Å²) in [6, 6.07) is 8.58. The Labute approximate surface area is 199 Å². The van der Waals surface area contributed by atoms with E-state index in [9.17, 15) is 9.59 Å². The monoisotopic (exact) mass is 527 g/mol. The van der Waals surface area contributed by atoms with Crippen LogP contribution in [0, 0.1) is 13.8 Å². The number of amides is 2. The molecule has 0 saturated heterocycles. The van der Waals surface area contributed by atoms with Crippen molar-refractivity contribution in [1.82, 2.24) is 16.2 Å². The van der Waals surface area contributed by atoms with Gasteiger partial charge in [0.15, 0.2) is 11.7 Å². The highest BCUT2D eigenvalue weighted by Gasteiger charge is 2.16. The summed E-state index contributed by atoms with van der Waals surface area (Å²) < 4.78 is 11.8. The molecule has 2 rings (SSSR count). The minimum Gasteiger partial charge on any atom is -0.490 e. The highest BCUT2D eigenvalue weighted by Crippen LogP contribution is 2.26. The Kier molecular flexibility index (Phi) is 9.09. The quantitative estimate of drug-likeness (QED) is 0.384. The van der Waals surface area contributed by atoms with Crippen LogP contribution in [0.4, 0.5) is 0 Å². The fraction of sp³-hybridized carbons (Fsp3) is 0.286. The number of hydrazine groups is 1. The van der Waals surface area contributed by atoms with Crippen molar-refractivity contribution in [3.63, 3.8) is 0 Å². The summed E-state index contributed by atoms with van der Waals surface area (Å²) in [5.41, 5.74) is 6.85. The first-order valence-electron chi connectivity index (χ1n) is 9.32. The Bertz CT molecular complexity index is 978. The molecule has 0 aromatic heterocycles. The van der Waals surface area contributed by atoms with E-state index in [0.717, 1.165) is 11.1 Å². The van der Waals surface area contributed by atoms with Gasteiger partial charge >= 0.3 is 0 Å². The van der Waals surface area contributed by atoms with Crippen LogP contribution in [0.1, 0.15) is 35.3 Å². The van der Waals surface area contributed by atoms with E-state index in [0.29, 0.717) is 26.6 Å². The summed E-state index contributed by atoms with van der Waals surface area (Å²) >= 11 is 14.5. The third-order valence-electron chi connectivity index (χ3n) is 3.87. The lowest BCUT2D eigenvalue weighted by Gasteiger charge is -2.15. The fourth-order valence-electron chi connectivity index (χ4n) is 2.54.